The zero-order valence-electron chi connectivity index (χ0n) is 16.2. The third-order valence-electron chi connectivity index (χ3n) is 5.05. The van der Waals surface area contributed by atoms with Crippen LogP contribution in [0.4, 0.5) is 17.1 Å². The van der Waals surface area contributed by atoms with E-state index in [0.29, 0.717) is 32.8 Å². The molecule has 30 heavy (non-hydrogen) atoms. The Labute approximate surface area is 172 Å². The van der Waals surface area contributed by atoms with Crippen molar-refractivity contribution in [2.45, 2.75) is 6.54 Å². The van der Waals surface area contributed by atoms with Crippen LogP contribution in [0.2, 0.25) is 0 Å². The number of nitrogens with zero attached hydrogens (tertiary/aromatic N) is 1. The van der Waals surface area contributed by atoms with E-state index in [9.17, 15) is 19.5 Å². The van der Waals surface area contributed by atoms with Gasteiger partial charge < -0.3 is 25.4 Å². The SMILES string of the molecule is O=C(c1cccc(Nc2c(NCc3ccccc3)c(=O)c2=O)c1O)N1CCOCC1. The van der Waals surface area contributed by atoms with Crippen LogP contribution in [-0.2, 0) is 11.3 Å². The summed E-state index contributed by atoms with van der Waals surface area (Å²) in [6.45, 7) is 2.17. The van der Waals surface area contributed by atoms with Crippen molar-refractivity contribution in [3.05, 3.63) is 80.1 Å². The molecule has 154 valence electrons. The minimum atomic E-state index is -0.671. The predicted octanol–water partition coefficient (Wildman–Crippen LogP) is 1.82. The number of hydrogen-bond acceptors (Lipinski definition) is 7. The summed E-state index contributed by atoms with van der Waals surface area (Å²) < 4.78 is 5.25. The van der Waals surface area contributed by atoms with E-state index in [1.54, 1.807) is 17.0 Å². The number of hydrogen-bond donors (Lipinski definition) is 3. The second-order valence-electron chi connectivity index (χ2n) is 6.98. The van der Waals surface area contributed by atoms with Crippen LogP contribution >= 0.6 is 0 Å². The highest BCUT2D eigenvalue weighted by Gasteiger charge is 2.25. The van der Waals surface area contributed by atoms with Crippen LogP contribution in [0.5, 0.6) is 5.75 Å². The van der Waals surface area contributed by atoms with Gasteiger partial charge in [-0.2, -0.15) is 0 Å². The number of ether oxygens (including phenoxy) is 1. The first-order valence-electron chi connectivity index (χ1n) is 9.63. The van der Waals surface area contributed by atoms with Gasteiger partial charge in [-0.25, -0.2) is 0 Å². The Morgan fingerprint density at radius 1 is 0.967 bits per heavy atom. The summed E-state index contributed by atoms with van der Waals surface area (Å²) in [5.41, 5.74) is 0.208. The molecule has 1 amide bonds. The third kappa shape index (κ3) is 3.77. The molecule has 1 fully saturated rings. The van der Waals surface area contributed by atoms with Crippen molar-refractivity contribution in [2.24, 2.45) is 0 Å². The number of morpholine rings is 1. The Morgan fingerprint density at radius 2 is 1.67 bits per heavy atom. The lowest BCUT2D eigenvalue weighted by Gasteiger charge is -2.27. The van der Waals surface area contributed by atoms with Crippen LogP contribution in [0.15, 0.2) is 58.1 Å². The molecule has 1 saturated heterocycles. The van der Waals surface area contributed by atoms with Gasteiger partial charge in [0.05, 0.1) is 24.5 Å². The zero-order chi connectivity index (χ0) is 21.1. The first kappa shape index (κ1) is 19.7. The standard InChI is InChI=1S/C22H21N3O5/c26-19-15(22(29)25-9-11-30-12-10-25)7-4-8-16(19)24-18-17(20(27)21(18)28)23-13-14-5-2-1-3-6-14/h1-8,23-24,26H,9-13H2. The largest absolute Gasteiger partial charge is 0.505 e. The van der Waals surface area contributed by atoms with Crippen LogP contribution in [-0.4, -0.2) is 42.2 Å². The maximum atomic E-state index is 12.7. The van der Waals surface area contributed by atoms with Crippen molar-refractivity contribution < 1.29 is 14.6 Å². The number of nitrogens with one attached hydrogen (secondary N) is 2. The number of phenols is 1. The summed E-state index contributed by atoms with van der Waals surface area (Å²) in [6, 6.07) is 14.1. The van der Waals surface area contributed by atoms with Crippen molar-refractivity contribution in [3.63, 3.8) is 0 Å². The second kappa shape index (κ2) is 8.38. The lowest BCUT2D eigenvalue weighted by atomic mass is 10.1. The van der Waals surface area contributed by atoms with E-state index < -0.39 is 10.9 Å². The number of phenolic OH excluding ortho intramolecular Hbond substituents is 1. The quantitative estimate of drug-likeness (QED) is 0.423. The van der Waals surface area contributed by atoms with Gasteiger partial charge in [-0.05, 0) is 17.7 Å². The van der Waals surface area contributed by atoms with Gasteiger partial charge in [0.25, 0.3) is 16.8 Å². The fourth-order valence-corrected chi connectivity index (χ4v) is 3.35. The van der Waals surface area contributed by atoms with Gasteiger partial charge in [0.2, 0.25) is 0 Å². The van der Waals surface area contributed by atoms with E-state index in [1.165, 1.54) is 6.07 Å². The topological polar surface area (TPSA) is 108 Å². The van der Waals surface area contributed by atoms with Gasteiger partial charge in [-0.1, -0.05) is 36.4 Å². The summed E-state index contributed by atoms with van der Waals surface area (Å²) in [5.74, 6) is -0.581. The molecule has 8 heteroatoms. The first-order valence-corrected chi connectivity index (χ1v) is 9.63. The zero-order valence-corrected chi connectivity index (χ0v) is 16.2. The Morgan fingerprint density at radius 3 is 2.40 bits per heavy atom. The highest BCUT2D eigenvalue weighted by molar-refractivity contribution is 5.99. The van der Waals surface area contributed by atoms with Gasteiger partial charge >= 0.3 is 0 Å². The summed E-state index contributed by atoms with van der Waals surface area (Å²) in [4.78, 5) is 38.4. The molecule has 0 aliphatic carbocycles. The van der Waals surface area contributed by atoms with E-state index in [1.807, 2.05) is 30.3 Å². The minimum Gasteiger partial charge on any atom is -0.505 e. The molecule has 3 aromatic rings. The van der Waals surface area contributed by atoms with E-state index in [-0.39, 0.29) is 34.3 Å². The first-order chi connectivity index (χ1) is 14.6. The van der Waals surface area contributed by atoms with Crippen molar-refractivity contribution in [3.8, 4) is 5.75 Å². The van der Waals surface area contributed by atoms with Crippen molar-refractivity contribution in [1.29, 1.82) is 0 Å². The average molecular weight is 407 g/mol. The molecular formula is C22H21N3O5. The molecule has 1 aliphatic rings. The van der Waals surface area contributed by atoms with E-state index in [2.05, 4.69) is 10.6 Å². The molecule has 4 rings (SSSR count). The summed E-state index contributed by atoms with van der Waals surface area (Å²) in [6.07, 6.45) is 0. The Bertz CT molecular complexity index is 1130. The Kier molecular flexibility index (Phi) is 5.49. The van der Waals surface area contributed by atoms with Crippen LogP contribution in [0.1, 0.15) is 15.9 Å². The van der Waals surface area contributed by atoms with Gasteiger partial charge in [0, 0.05) is 19.6 Å². The number of carbonyl (C=O) groups is 1. The molecule has 0 saturated carbocycles. The fourth-order valence-electron chi connectivity index (χ4n) is 3.35. The van der Waals surface area contributed by atoms with Crippen molar-refractivity contribution in [1.82, 2.24) is 4.90 Å². The van der Waals surface area contributed by atoms with Gasteiger partial charge in [0.1, 0.15) is 11.4 Å². The number of carbonyl (C=O) groups excluding carboxylic acids is 1. The van der Waals surface area contributed by atoms with Crippen molar-refractivity contribution >= 4 is 23.0 Å². The molecule has 0 atom stereocenters. The van der Waals surface area contributed by atoms with Gasteiger partial charge in [-0.3, -0.25) is 14.4 Å². The molecule has 0 unspecified atom stereocenters. The van der Waals surface area contributed by atoms with Crippen LogP contribution < -0.4 is 21.5 Å². The second-order valence-corrected chi connectivity index (χ2v) is 6.98. The van der Waals surface area contributed by atoms with Crippen LogP contribution in [0.25, 0.3) is 0 Å². The monoisotopic (exact) mass is 407 g/mol. The number of rotatable bonds is 6. The number of para-hydroxylation sites is 1. The lowest BCUT2D eigenvalue weighted by Crippen LogP contribution is -2.40. The third-order valence-corrected chi connectivity index (χ3v) is 5.05. The average Bonchev–Trinajstić information content (AvgIpc) is 2.80. The summed E-state index contributed by atoms with van der Waals surface area (Å²) >= 11 is 0. The minimum absolute atomic E-state index is 0.0715. The number of anilines is 3. The maximum absolute atomic E-state index is 12.7. The number of aromatic hydroxyl groups is 1. The summed E-state index contributed by atoms with van der Waals surface area (Å²) in [7, 11) is 0. The van der Waals surface area contributed by atoms with E-state index in [0.717, 1.165) is 5.56 Å². The highest BCUT2D eigenvalue weighted by Crippen LogP contribution is 2.32. The molecule has 0 radical (unpaired) electrons. The lowest BCUT2D eigenvalue weighted by molar-refractivity contribution is 0.0301. The normalized spacial score (nSPS) is 13.9. The van der Waals surface area contributed by atoms with Crippen LogP contribution in [0.3, 0.4) is 0 Å². The van der Waals surface area contributed by atoms with Crippen molar-refractivity contribution in [2.75, 3.05) is 36.9 Å². The molecule has 1 aliphatic heterocycles. The van der Waals surface area contributed by atoms with Crippen LogP contribution in [0, 0.1) is 0 Å². The maximum Gasteiger partial charge on any atom is 0.257 e. The number of amides is 1. The molecule has 0 bridgehead atoms. The van der Waals surface area contributed by atoms with E-state index >= 15 is 0 Å². The molecule has 8 nitrogen and oxygen atoms in total. The molecule has 0 aromatic heterocycles. The van der Waals surface area contributed by atoms with Gasteiger partial charge in [-0.15, -0.1) is 0 Å². The molecule has 1 heterocycles. The smallest absolute Gasteiger partial charge is 0.257 e. The Hall–Kier alpha value is -3.65. The molecule has 3 N–H and O–H groups in total. The predicted molar refractivity (Wildman–Crippen MR) is 113 cm³/mol. The number of benzene rings is 2. The molecular weight excluding hydrogens is 386 g/mol. The molecule has 0 spiro atoms. The fraction of sp³-hybridized carbons (Fsp3) is 0.227. The summed E-state index contributed by atoms with van der Waals surface area (Å²) in [5, 5.41) is 16.4. The Balaban J connectivity index is 1.54. The highest BCUT2D eigenvalue weighted by atomic mass is 16.5. The van der Waals surface area contributed by atoms with E-state index in [4.69, 9.17) is 4.74 Å². The van der Waals surface area contributed by atoms with Gasteiger partial charge in [0.15, 0.2) is 5.75 Å². The molecule has 3 aromatic carbocycles.